The molecule has 8 heteroatoms. The van der Waals surface area contributed by atoms with Crippen LogP contribution in [0.1, 0.15) is 39.8 Å². The van der Waals surface area contributed by atoms with Gasteiger partial charge in [0.15, 0.2) is 11.5 Å². The van der Waals surface area contributed by atoms with E-state index in [-0.39, 0.29) is 12.2 Å². The number of allylic oxidation sites excluding steroid dienone is 1. The van der Waals surface area contributed by atoms with Gasteiger partial charge < -0.3 is 19.6 Å². The molecule has 0 aliphatic heterocycles. The maximum absolute atomic E-state index is 11.2. The van der Waals surface area contributed by atoms with E-state index in [1.165, 1.54) is 6.07 Å². The van der Waals surface area contributed by atoms with Gasteiger partial charge >= 0.3 is 5.97 Å². The monoisotopic (exact) mass is 487 g/mol. The number of aromatic amines is 1. The van der Waals surface area contributed by atoms with Crippen molar-refractivity contribution in [2.75, 3.05) is 6.61 Å². The fraction of sp³-hybridized carbons (Fsp3) is 0.148. The van der Waals surface area contributed by atoms with Crippen LogP contribution in [0.5, 0.6) is 11.5 Å². The summed E-state index contributed by atoms with van der Waals surface area (Å²) in [5, 5.41) is 19.3. The number of carbonyl (C=O) groups is 1. The molecule has 4 aromatic rings. The number of H-pyrrole nitrogens is 1. The highest BCUT2D eigenvalue weighted by Crippen LogP contribution is 2.38. The van der Waals surface area contributed by atoms with Crippen LogP contribution >= 0.6 is 11.6 Å². The van der Waals surface area contributed by atoms with Gasteiger partial charge in [0, 0.05) is 0 Å². The van der Waals surface area contributed by atoms with E-state index in [9.17, 15) is 15.2 Å². The van der Waals surface area contributed by atoms with Crippen molar-refractivity contribution < 1.29 is 19.4 Å². The number of hydrogen-bond acceptors (Lipinski definition) is 5. The van der Waals surface area contributed by atoms with Gasteiger partial charge in [-0.05, 0) is 73.0 Å². The number of aromatic carboxylic acids is 1. The van der Waals surface area contributed by atoms with Crippen LogP contribution in [0.15, 0.2) is 54.6 Å². The highest BCUT2D eigenvalue weighted by Gasteiger charge is 2.15. The maximum atomic E-state index is 11.2. The van der Waals surface area contributed by atoms with Gasteiger partial charge in [-0.3, -0.25) is 0 Å². The van der Waals surface area contributed by atoms with Crippen LogP contribution in [0.2, 0.25) is 5.02 Å². The van der Waals surface area contributed by atoms with Gasteiger partial charge in [0.1, 0.15) is 18.5 Å². The largest absolute Gasteiger partial charge is 0.490 e. The molecule has 1 heterocycles. The molecule has 0 radical (unpaired) electrons. The molecule has 3 aromatic carbocycles. The number of rotatable bonds is 8. The zero-order valence-corrected chi connectivity index (χ0v) is 19.9. The minimum atomic E-state index is -1.01. The summed E-state index contributed by atoms with van der Waals surface area (Å²) >= 11 is 6.54. The lowest BCUT2D eigenvalue weighted by atomic mass is 10.1. The van der Waals surface area contributed by atoms with E-state index >= 15 is 0 Å². The van der Waals surface area contributed by atoms with Crippen molar-refractivity contribution in [2.45, 2.75) is 20.5 Å². The second kappa shape index (κ2) is 10.3. The number of imidazole rings is 1. The molecule has 0 atom stereocenters. The number of nitriles is 1. The number of nitrogens with zero attached hydrogens (tertiary/aromatic N) is 2. The second-order valence-electron chi connectivity index (χ2n) is 7.83. The molecule has 0 unspecified atom stereocenters. The zero-order chi connectivity index (χ0) is 24.9. The molecule has 4 rings (SSSR count). The van der Waals surface area contributed by atoms with Crippen LogP contribution in [-0.4, -0.2) is 27.7 Å². The van der Waals surface area contributed by atoms with Crippen LogP contribution in [0.25, 0.3) is 22.7 Å². The molecule has 0 amide bonds. The number of aromatic nitrogens is 2. The smallest absolute Gasteiger partial charge is 0.335 e. The van der Waals surface area contributed by atoms with Gasteiger partial charge in [-0.15, -0.1) is 0 Å². The molecule has 0 aliphatic carbocycles. The molecular formula is C27H22ClN3O4. The summed E-state index contributed by atoms with van der Waals surface area (Å²) in [6.45, 7) is 4.32. The van der Waals surface area contributed by atoms with Gasteiger partial charge in [-0.2, -0.15) is 5.26 Å². The Labute approximate surface area is 207 Å². The van der Waals surface area contributed by atoms with Gasteiger partial charge in [0.25, 0.3) is 0 Å². The first-order valence-electron chi connectivity index (χ1n) is 10.9. The molecule has 2 N–H and O–H groups in total. The Morgan fingerprint density at radius 2 is 2.03 bits per heavy atom. The molecule has 7 nitrogen and oxygen atoms in total. The number of carboxylic acid groups (broad SMARTS) is 1. The quantitative estimate of drug-likeness (QED) is 0.284. The molecule has 0 bridgehead atoms. The van der Waals surface area contributed by atoms with Crippen molar-refractivity contribution in [1.29, 1.82) is 5.26 Å². The molecule has 176 valence electrons. The van der Waals surface area contributed by atoms with Crippen molar-refractivity contribution in [3.63, 3.8) is 0 Å². The first-order chi connectivity index (χ1) is 16.9. The van der Waals surface area contributed by atoms with Crippen molar-refractivity contribution in [2.24, 2.45) is 0 Å². The Morgan fingerprint density at radius 3 is 2.77 bits per heavy atom. The summed E-state index contributed by atoms with van der Waals surface area (Å²) in [5.41, 5.74) is 4.56. The average Bonchev–Trinajstić information content (AvgIpc) is 3.25. The summed E-state index contributed by atoms with van der Waals surface area (Å²) in [4.78, 5) is 18.9. The minimum absolute atomic E-state index is 0.109. The van der Waals surface area contributed by atoms with E-state index in [1.807, 2.05) is 32.0 Å². The van der Waals surface area contributed by atoms with Crippen LogP contribution in [0.4, 0.5) is 0 Å². The third-order valence-corrected chi connectivity index (χ3v) is 5.49. The zero-order valence-electron chi connectivity index (χ0n) is 19.1. The number of benzene rings is 3. The number of carboxylic acids is 1. The molecule has 0 fully saturated rings. The van der Waals surface area contributed by atoms with E-state index < -0.39 is 5.97 Å². The van der Waals surface area contributed by atoms with Crippen molar-refractivity contribution >= 4 is 40.3 Å². The lowest BCUT2D eigenvalue weighted by molar-refractivity contribution is 0.0696. The number of halogens is 1. The third-order valence-electron chi connectivity index (χ3n) is 5.21. The fourth-order valence-electron chi connectivity index (χ4n) is 3.60. The van der Waals surface area contributed by atoms with E-state index in [1.54, 1.807) is 36.4 Å². The molecule has 0 aliphatic rings. The molecule has 0 spiro atoms. The summed E-state index contributed by atoms with van der Waals surface area (Å²) in [5.74, 6) is 0.201. The number of nitrogens with one attached hydrogen (secondary N) is 1. The summed E-state index contributed by atoms with van der Waals surface area (Å²) < 4.78 is 11.7. The van der Waals surface area contributed by atoms with Gasteiger partial charge in [0.2, 0.25) is 0 Å². The normalized spacial score (nSPS) is 11.3. The van der Waals surface area contributed by atoms with Crippen LogP contribution in [0, 0.1) is 18.3 Å². The number of hydrogen-bond donors (Lipinski definition) is 2. The molecule has 35 heavy (non-hydrogen) atoms. The summed E-state index contributed by atoms with van der Waals surface area (Å²) in [7, 11) is 0. The average molecular weight is 488 g/mol. The predicted octanol–water partition coefficient (Wildman–Crippen LogP) is 6.26. The number of fused-ring (bicyclic) bond motifs is 1. The van der Waals surface area contributed by atoms with Gasteiger partial charge in [-0.1, -0.05) is 29.8 Å². The minimum Gasteiger partial charge on any atom is -0.490 e. The van der Waals surface area contributed by atoms with E-state index in [4.69, 9.17) is 21.1 Å². The Hall–Kier alpha value is -4.28. The first-order valence-corrected chi connectivity index (χ1v) is 11.3. The standard InChI is InChI=1S/C27H22ClN3O4/c1-3-34-24-13-18(11-20(14-29)26-30-22-8-7-16(2)9-23(22)31-26)12-21(28)25(24)35-15-17-5-4-6-19(10-17)27(32)33/h4-13H,3,15H2,1-2H3,(H,30,31)(H,32,33). The van der Waals surface area contributed by atoms with Gasteiger partial charge in [0.05, 0.1) is 33.8 Å². The van der Waals surface area contributed by atoms with Crippen molar-refractivity contribution in [3.8, 4) is 17.6 Å². The fourth-order valence-corrected chi connectivity index (χ4v) is 3.87. The maximum Gasteiger partial charge on any atom is 0.335 e. The van der Waals surface area contributed by atoms with Crippen LogP contribution in [-0.2, 0) is 6.61 Å². The predicted molar refractivity (Wildman–Crippen MR) is 135 cm³/mol. The summed E-state index contributed by atoms with van der Waals surface area (Å²) in [6, 6.07) is 17.9. The van der Waals surface area contributed by atoms with Crippen LogP contribution < -0.4 is 9.47 Å². The highest BCUT2D eigenvalue weighted by molar-refractivity contribution is 6.32. The SMILES string of the molecule is CCOc1cc(C=C(C#N)c2nc3ccc(C)cc3[nH]2)cc(Cl)c1OCc1cccc(C(=O)O)c1. The van der Waals surface area contributed by atoms with Crippen molar-refractivity contribution in [3.05, 3.63) is 87.7 Å². The Balaban J connectivity index is 1.64. The van der Waals surface area contributed by atoms with E-state index in [0.29, 0.717) is 45.7 Å². The second-order valence-corrected chi connectivity index (χ2v) is 8.24. The molecule has 1 aromatic heterocycles. The Morgan fingerprint density at radius 1 is 1.20 bits per heavy atom. The van der Waals surface area contributed by atoms with E-state index in [2.05, 4.69) is 16.0 Å². The van der Waals surface area contributed by atoms with Crippen LogP contribution in [0.3, 0.4) is 0 Å². The molecule has 0 saturated carbocycles. The summed E-state index contributed by atoms with van der Waals surface area (Å²) in [6.07, 6.45) is 1.68. The lowest BCUT2D eigenvalue weighted by Crippen LogP contribution is -2.03. The third kappa shape index (κ3) is 5.45. The van der Waals surface area contributed by atoms with Gasteiger partial charge in [-0.25, -0.2) is 9.78 Å². The number of ether oxygens (including phenoxy) is 2. The topological polar surface area (TPSA) is 108 Å². The Bertz CT molecular complexity index is 1480. The molecule has 0 saturated heterocycles. The first kappa shape index (κ1) is 23.9. The van der Waals surface area contributed by atoms with E-state index in [0.717, 1.165) is 16.6 Å². The molecular weight excluding hydrogens is 466 g/mol. The lowest BCUT2D eigenvalue weighted by Gasteiger charge is -2.15. The van der Waals surface area contributed by atoms with Crippen molar-refractivity contribution in [1.82, 2.24) is 9.97 Å². The number of aryl methyl sites for hydroxylation is 1. The Kier molecular flexibility index (Phi) is 7.04. The highest BCUT2D eigenvalue weighted by atomic mass is 35.5.